The molecule has 1 N–H and O–H groups in total. The molecule has 0 saturated carbocycles. The van der Waals surface area contributed by atoms with E-state index in [4.69, 9.17) is 9.47 Å². The lowest BCUT2D eigenvalue weighted by Gasteiger charge is -2.25. The Morgan fingerprint density at radius 1 is 1.25 bits per heavy atom. The number of hydrogen-bond acceptors (Lipinski definition) is 4. The molecule has 0 aliphatic carbocycles. The van der Waals surface area contributed by atoms with Gasteiger partial charge in [0.2, 0.25) is 0 Å². The lowest BCUT2D eigenvalue weighted by Crippen LogP contribution is -2.43. The number of rotatable bonds is 4. The first-order valence-corrected chi connectivity index (χ1v) is 7.06. The molecule has 0 unspecified atom stereocenters. The fraction of sp³-hybridized carbons (Fsp3) is 0.562. The Hall–Kier alpha value is -1.39. The third kappa shape index (κ3) is 4.32. The van der Waals surface area contributed by atoms with E-state index in [9.17, 15) is 4.79 Å². The van der Waals surface area contributed by atoms with E-state index in [0.717, 1.165) is 0 Å². The second-order valence-corrected chi connectivity index (χ2v) is 6.03. The van der Waals surface area contributed by atoms with Gasteiger partial charge in [0.1, 0.15) is 12.6 Å². The number of esters is 1. The minimum atomic E-state index is -0.250. The summed E-state index contributed by atoms with van der Waals surface area (Å²) in [7, 11) is 0. The van der Waals surface area contributed by atoms with Crippen molar-refractivity contribution < 1.29 is 14.3 Å². The topological polar surface area (TPSA) is 47.6 Å². The van der Waals surface area contributed by atoms with E-state index in [0.29, 0.717) is 26.2 Å². The molecule has 0 aromatic heterocycles. The van der Waals surface area contributed by atoms with Crippen molar-refractivity contribution in [1.29, 1.82) is 0 Å². The number of benzene rings is 1. The van der Waals surface area contributed by atoms with E-state index >= 15 is 0 Å². The Bertz CT molecular complexity index is 465. The Morgan fingerprint density at radius 2 is 1.95 bits per heavy atom. The fourth-order valence-electron chi connectivity index (χ4n) is 2.21. The van der Waals surface area contributed by atoms with Gasteiger partial charge in [-0.3, -0.25) is 4.79 Å². The number of nitrogens with one attached hydrogen (secondary N) is 1. The predicted octanol–water partition coefficient (Wildman–Crippen LogP) is 2.06. The molecule has 1 atom stereocenters. The van der Waals surface area contributed by atoms with Crippen LogP contribution >= 0.6 is 0 Å². The Morgan fingerprint density at radius 3 is 2.65 bits per heavy atom. The van der Waals surface area contributed by atoms with Crippen LogP contribution in [0.1, 0.15) is 31.9 Å². The molecule has 0 radical (unpaired) electrons. The van der Waals surface area contributed by atoms with Crippen molar-refractivity contribution >= 4 is 5.97 Å². The molecule has 1 aromatic carbocycles. The van der Waals surface area contributed by atoms with Crippen LogP contribution in [0.2, 0.25) is 0 Å². The number of ether oxygens (including phenoxy) is 2. The predicted molar refractivity (Wildman–Crippen MR) is 77.4 cm³/mol. The van der Waals surface area contributed by atoms with E-state index in [1.807, 2.05) is 32.9 Å². The van der Waals surface area contributed by atoms with Gasteiger partial charge in [0.15, 0.2) is 0 Å². The minimum absolute atomic E-state index is 0.197. The molecule has 0 bridgehead atoms. The van der Waals surface area contributed by atoms with Crippen LogP contribution in [0.3, 0.4) is 0 Å². The number of carbonyl (C=O) groups excluding carboxylic acids is 1. The third-order valence-electron chi connectivity index (χ3n) is 3.23. The van der Waals surface area contributed by atoms with Crippen molar-refractivity contribution in [3.63, 3.8) is 0 Å². The normalized spacial score (nSPS) is 18.4. The molecule has 1 heterocycles. The maximum absolute atomic E-state index is 12.0. The molecule has 110 valence electrons. The average Bonchev–Trinajstić information content (AvgIpc) is 2.42. The van der Waals surface area contributed by atoms with Crippen LogP contribution in [0.15, 0.2) is 24.3 Å². The molecule has 0 amide bonds. The molecular weight excluding hydrogens is 254 g/mol. The minimum Gasteiger partial charge on any atom is -0.462 e. The van der Waals surface area contributed by atoms with Gasteiger partial charge in [0.05, 0.1) is 12.2 Å². The summed E-state index contributed by atoms with van der Waals surface area (Å²) in [5.41, 5.74) is 2.28. The number of fused-ring (bicyclic) bond motifs is 1. The van der Waals surface area contributed by atoms with Gasteiger partial charge in [-0.15, -0.1) is 0 Å². The summed E-state index contributed by atoms with van der Waals surface area (Å²) >= 11 is 0. The van der Waals surface area contributed by atoms with Crippen LogP contribution < -0.4 is 5.32 Å². The van der Waals surface area contributed by atoms with Crippen molar-refractivity contribution in [2.24, 2.45) is 0 Å². The maximum Gasteiger partial charge on any atom is 0.323 e. The van der Waals surface area contributed by atoms with Crippen LogP contribution in [0.25, 0.3) is 0 Å². The van der Waals surface area contributed by atoms with Crippen molar-refractivity contribution in [1.82, 2.24) is 5.32 Å². The highest BCUT2D eigenvalue weighted by Gasteiger charge is 2.25. The van der Waals surface area contributed by atoms with Crippen molar-refractivity contribution in [2.75, 3.05) is 13.2 Å². The van der Waals surface area contributed by atoms with Crippen LogP contribution in [0.4, 0.5) is 0 Å². The molecule has 0 fully saturated rings. The quantitative estimate of drug-likeness (QED) is 0.676. The molecule has 4 nitrogen and oxygen atoms in total. The summed E-state index contributed by atoms with van der Waals surface area (Å²) < 4.78 is 10.8. The molecular formula is C16H23NO3. The lowest BCUT2D eigenvalue weighted by atomic mass is 9.96. The molecule has 1 aliphatic rings. The van der Waals surface area contributed by atoms with Gasteiger partial charge in [-0.25, -0.2) is 0 Å². The van der Waals surface area contributed by atoms with E-state index in [-0.39, 0.29) is 17.6 Å². The lowest BCUT2D eigenvalue weighted by molar-refractivity contribution is -0.149. The zero-order valence-electron chi connectivity index (χ0n) is 12.4. The highest BCUT2D eigenvalue weighted by molar-refractivity contribution is 5.76. The highest BCUT2D eigenvalue weighted by atomic mass is 16.6. The Labute approximate surface area is 120 Å². The summed E-state index contributed by atoms with van der Waals surface area (Å²) in [5.74, 6) is -0.197. The summed E-state index contributed by atoms with van der Waals surface area (Å²) in [5, 5.41) is 3.22. The van der Waals surface area contributed by atoms with Gasteiger partial charge in [0.25, 0.3) is 0 Å². The molecule has 1 aliphatic heterocycles. The second kappa shape index (κ2) is 6.37. The summed E-state index contributed by atoms with van der Waals surface area (Å²) in [4.78, 5) is 12.0. The van der Waals surface area contributed by atoms with Gasteiger partial charge >= 0.3 is 5.97 Å². The van der Waals surface area contributed by atoms with Crippen molar-refractivity contribution in [2.45, 2.75) is 45.4 Å². The van der Waals surface area contributed by atoms with Crippen LogP contribution in [0.5, 0.6) is 0 Å². The zero-order chi connectivity index (χ0) is 14.6. The molecule has 4 heteroatoms. The molecule has 1 aromatic rings. The van der Waals surface area contributed by atoms with Crippen molar-refractivity contribution in [3.05, 3.63) is 35.4 Å². The van der Waals surface area contributed by atoms with E-state index < -0.39 is 0 Å². The first kappa shape index (κ1) is 15.0. The van der Waals surface area contributed by atoms with Crippen molar-refractivity contribution in [3.8, 4) is 0 Å². The maximum atomic E-state index is 12.0. The molecule has 0 spiro atoms. The third-order valence-corrected chi connectivity index (χ3v) is 3.23. The van der Waals surface area contributed by atoms with Crippen LogP contribution in [-0.4, -0.2) is 30.8 Å². The molecule has 0 saturated heterocycles. The van der Waals surface area contributed by atoms with E-state index in [1.165, 1.54) is 11.1 Å². The fourth-order valence-corrected chi connectivity index (χ4v) is 2.21. The molecule has 20 heavy (non-hydrogen) atoms. The average molecular weight is 277 g/mol. The monoisotopic (exact) mass is 277 g/mol. The zero-order valence-corrected chi connectivity index (χ0v) is 12.4. The van der Waals surface area contributed by atoms with Gasteiger partial charge in [-0.2, -0.15) is 0 Å². The smallest absolute Gasteiger partial charge is 0.323 e. The standard InChI is InChI=1S/C16H23NO3/c1-16(2,3)20-9-8-19-15(18)14-10-12-6-4-5-7-13(12)11-17-14/h4-7,14,17H,8-11H2,1-3H3/t14-/m1/s1. The van der Waals surface area contributed by atoms with E-state index in [1.54, 1.807) is 0 Å². The van der Waals surface area contributed by atoms with Crippen LogP contribution in [0, 0.1) is 0 Å². The molecule has 2 rings (SSSR count). The highest BCUT2D eigenvalue weighted by Crippen LogP contribution is 2.16. The van der Waals surface area contributed by atoms with Gasteiger partial charge in [-0.1, -0.05) is 24.3 Å². The van der Waals surface area contributed by atoms with E-state index in [2.05, 4.69) is 17.4 Å². The SMILES string of the molecule is CC(C)(C)OCCOC(=O)[C@H]1Cc2ccccc2CN1. The van der Waals surface area contributed by atoms with Gasteiger partial charge < -0.3 is 14.8 Å². The Kier molecular flexibility index (Phi) is 4.78. The number of hydrogen-bond donors (Lipinski definition) is 1. The summed E-state index contributed by atoms with van der Waals surface area (Å²) in [6.07, 6.45) is 0.690. The summed E-state index contributed by atoms with van der Waals surface area (Å²) in [6, 6.07) is 7.92. The van der Waals surface area contributed by atoms with Gasteiger partial charge in [-0.05, 0) is 38.3 Å². The number of carbonyl (C=O) groups is 1. The Balaban J connectivity index is 1.77. The first-order chi connectivity index (χ1) is 9.46. The largest absolute Gasteiger partial charge is 0.462 e. The summed E-state index contributed by atoms with van der Waals surface area (Å²) in [6.45, 7) is 7.39. The second-order valence-electron chi connectivity index (χ2n) is 6.03. The first-order valence-electron chi connectivity index (χ1n) is 7.06. The van der Waals surface area contributed by atoms with Gasteiger partial charge in [0, 0.05) is 6.54 Å². The van der Waals surface area contributed by atoms with Crippen LogP contribution in [-0.2, 0) is 27.2 Å².